The highest BCUT2D eigenvalue weighted by atomic mass is 16.4. The summed E-state index contributed by atoms with van der Waals surface area (Å²) in [6.07, 6.45) is 1.81. The number of rotatable bonds is 6. The summed E-state index contributed by atoms with van der Waals surface area (Å²) in [4.78, 5) is 12.8. The van der Waals surface area contributed by atoms with Gasteiger partial charge in [-0.05, 0) is 12.8 Å². The van der Waals surface area contributed by atoms with Crippen LogP contribution in [0, 0.1) is 12.8 Å². The largest absolute Gasteiger partial charge is 0.480 e. The van der Waals surface area contributed by atoms with Crippen LogP contribution in [-0.4, -0.2) is 38.8 Å². The van der Waals surface area contributed by atoms with Crippen molar-refractivity contribution in [2.24, 2.45) is 13.0 Å². The van der Waals surface area contributed by atoms with Crippen LogP contribution >= 0.6 is 0 Å². The topological polar surface area (TPSA) is 58.4 Å². The molecule has 1 heterocycles. The third-order valence-electron chi connectivity index (χ3n) is 2.71. The SMILES string of the molecule is Cc1c(CN(CC(=O)O)CC(C)C)cnn1C. The van der Waals surface area contributed by atoms with Crippen molar-refractivity contribution in [3.05, 3.63) is 17.5 Å². The van der Waals surface area contributed by atoms with Crippen LogP contribution in [0.3, 0.4) is 0 Å². The number of aromatic nitrogens is 2. The molecule has 0 unspecified atom stereocenters. The summed E-state index contributed by atoms with van der Waals surface area (Å²) >= 11 is 0. The van der Waals surface area contributed by atoms with E-state index in [0.29, 0.717) is 12.5 Å². The number of carboxylic acids is 1. The molecular formula is C12H21N3O2. The van der Waals surface area contributed by atoms with Crippen molar-refractivity contribution in [1.82, 2.24) is 14.7 Å². The fourth-order valence-electron chi connectivity index (χ4n) is 1.83. The molecule has 0 amide bonds. The fraction of sp³-hybridized carbons (Fsp3) is 0.667. The predicted octanol–water partition coefficient (Wildman–Crippen LogP) is 1.27. The van der Waals surface area contributed by atoms with E-state index in [0.717, 1.165) is 17.8 Å². The van der Waals surface area contributed by atoms with Crippen LogP contribution in [0.15, 0.2) is 6.20 Å². The maximum Gasteiger partial charge on any atom is 0.317 e. The molecule has 0 saturated carbocycles. The molecule has 0 radical (unpaired) electrons. The zero-order valence-corrected chi connectivity index (χ0v) is 11.0. The smallest absolute Gasteiger partial charge is 0.317 e. The van der Waals surface area contributed by atoms with Crippen LogP contribution in [0.2, 0.25) is 0 Å². The first-order chi connectivity index (χ1) is 7.90. The van der Waals surface area contributed by atoms with Crippen LogP contribution in [0.1, 0.15) is 25.1 Å². The van der Waals surface area contributed by atoms with E-state index in [2.05, 4.69) is 18.9 Å². The lowest BCUT2D eigenvalue weighted by Gasteiger charge is -2.22. The molecule has 0 aliphatic rings. The van der Waals surface area contributed by atoms with Gasteiger partial charge in [-0.2, -0.15) is 5.10 Å². The first-order valence-corrected chi connectivity index (χ1v) is 5.81. The molecule has 96 valence electrons. The third kappa shape index (κ3) is 4.19. The Hall–Kier alpha value is -1.36. The van der Waals surface area contributed by atoms with Gasteiger partial charge >= 0.3 is 5.97 Å². The van der Waals surface area contributed by atoms with Gasteiger partial charge in [0.05, 0.1) is 12.7 Å². The van der Waals surface area contributed by atoms with Gasteiger partial charge < -0.3 is 5.11 Å². The number of aliphatic carboxylic acids is 1. The Kier molecular flexibility index (Phi) is 4.69. The molecule has 1 rings (SSSR count). The fourth-order valence-corrected chi connectivity index (χ4v) is 1.83. The maximum atomic E-state index is 10.8. The van der Waals surface area contributed by atoms with Crippen molar-refractivity contribution in [2.75, 3.05) is 13.1 Å². The molecular weight excluding hydrogens is 218 g/mol. The molecule has 5 nitrogen and oxygen atoms in total. The summed E-state index contributed by atoms with van der Waals surface area (Å²) in [5, 5.41) is 13.1. The van der Waals surface area contributed by atoms with Gasteiger partial charge in [0, 0.05) is 31.4 Å². The summed E-state index contributed by atoms with van der Waals surface area (Å²) < 4.78 is 1.81. The molecule has 0 atom stereocenters. The van der Waals surface area contributed by atoms with E-state index in [4.69, 9.17) is 5.11 Å². The van der Waals surface area contributed by atoms with Gasteiger partial charge in [0.15, 0.2) is 0 Å². The number of hydrogen-bond donors (Lipinski definition) is 1. The lowest BCUT2D eigenvalue weighted by Crippen LogP contribution is -2.32. The number of hydrogen-bond acceptors (Lipinski definition) is 3. The average molecular weight is 239 g/mol. The molecule has 1 aromatic heterocycles. The van der Waals surface area contributed by atoms with E-state index in [9.17, 15) is 4.79 Å². The molecule has 1 N–H and O–H groups in total. The third-order valence-corrected chi connectivity index (χ3v) is 2.71. The summed E-state index contributed by atoms with van der Waals surface area (Å²) in [6, 6.07) is 0. The van der Waals surface area contributed by atoms with Gasteiger partial charge in [0.2, 0.25) is 0 Å². The lowest BCUT2D eigenvalue weighted by atomic mass is 10.2. The van der Waals surface area contributed by atoms with Gasteiger partial charge in [-0.25, -0.2) is 0 Å². The Balaban J connectivity index is 2.71. The zero-order chi connectivity index (χ0) is 13.0. The minimum atomic E-state index is -0.785. The molecule has 0 fully saturated rings. The first-order valence-electron chi connectivity index (χ1n) is 5.81. The standard InChI is InChI=1S/C12H21N3O2/c1-9(2)6-15(8-12(16)17)7-11-5-13-14(4)10(11)3/h5,9H,6-8H2,1-4H3,(H,16,17). The second-order valence-electron chi connectivity index (χ2n) is 4.84. The first kappa shape index (κ1) is 13.7. The van der Waals surface area contributed by atoms with Crippen molar-refractivity contribution in [2.45, 2.75) is 27.3 Å². The summed E-state index contributed by atoms with van der Waals surface area (Å²) in [6.45, 7) is 7.67. The van der Waals surface area contributed by atoms with Crippen LogP contribution in [0.25, 0.3) is 0 Å². The second-order valence-corrected chi connectivity index (χ2v) is 4.84. The number of nitrogens with zero attached hydrogens (tertiary/aromatic N) is 3. The molecule has 5 heteroatoms. The Labute approximate surface area is 102 Å². The summed E-state index contributed by atoms with van der Waals surface area (Å²) in [7, 11) is 1.89. The Morgan fingerprint density at radius 2 is 2.24 bits per heavy atom. The highest BCUT2D eigenvalue weighted by molar-refractivity contribution is 5.69. The molecule has 0 bridgehead atoms. The lowest BCUT2D eigenvalue weighted by molar-refractivity contribution is -0.138. The van der Waals surface area contributed by atoms with E-state index in [-0.39, 0.29) is 6.54 Å². The summed E-state index contributed by atoms with van der Waals surface area (Å²) in [5.41, 5.74) is 2.18. The normalized spacial score (nSPS) is 11.4. The molecule has 0 saturated heterocycles. The van der Waals surface area contributed by atoms with E-state index < -0.39 is 5.97 Å². The van der Waals surface area contributed by atoms with E-state index in [1.54, 1.807) is 0 Å². The molecule has 1 aromatic rings. The Bertz CT molecular complexity index is 385. The predicted molar refractivity (Wildman–Crippen MR) is 65.7 cm³/mol. The average Bonchev–Trinajstić information content (AvgIpc) is 2.47. The van der Waals surface area contributed by atoms with Crippen LogP contribution < -0.4 is 0 Å². The molecule has 0 aromatic carbocycles. The minimum absolute atomic E-state index is 0.0759. The highest BCUT2D eigenvalue weighted by Gasteiger charge is 2.14. The van der Waals surface area contributed by atoms with Gasteiger partial charge in [0.25, 0.3) is 0 Å². The van der Waals surface area contributed by atoms with E-state index in [1.165, 1.54) is 0 Å². The maximum absolute atomic E-state index is 10.8. The quantitative estimate of drug-likeness (QED) is 0.812. The van der Waals surface area contributed by atoms with Gasteiger partial charge in [0.1, 0.15) is 0 Å². The van der Waals surface area contributed by atoms with Crippen molar-refractivity contribution in [3.8, 4) is 0 Å². The number of carboxylic acid groups (broad SMARTS) is 1. The van der Waals surface area contributed by atoms with Crippen molar-refractivity contribution < 1.29 is 9.90 Å². The molecule has 17 heavy (non-hydrogen) atoms. The van der Waals surface area contributed by atoms with Crippen molar-refractivity contribution >= 4 is 5.97 Å². The summed E-state index contributed by atoms with van der Waals surface area (Å²) in [5.74, 6) is -0.335. The molecule has 0 aliphatic heterocycles. The van der Waals surface area contributed by atoms with Crippen molar-refractivity contribution in [1.29, 1.82) is 0 Å². The van der Waals surface area contributed by atoms with Crippen LogP contribution in [0.4, 0.5) is 0 Å². The van der Waals surface area contributed by atoms with Gasteiger partial charge in [-0.1, -0.05) is 13.8 Å². The van der Waals surface area contributed by atoms with Crippen LogP contribution in [0.5, 0.6) is 0 Å². The van der Waals surface area contributed by atoms with Gasteiger partial charge in [-0.3, -0.25) is 14.4 Å². The van der Waals surface area contributed by atoms with Gasteiger partial charge in [-0.15, -0.1) is 0 Å². The van der Waals surface area contributed by atoms with E-state index >= 15 is 0 Å². The highest BCUT2D eigenvalue weighted by Crippen LogP contribution is 2.10. The Morgan fingerprint density at radius 1 is 1.59 bits per heavy atom. The second kappa shape index (κ2) is 5.82. The number of carbonyl (C=O) groups is 1. The van der Waals surface area contributed by atoms with E-state index in [1.807, 2.05) is 29.7 Å². The number of aryl methyl sites for hydroxylation is 1. The Morgan fingerprint density at radius 3 is 2.65 bits per heavy atom. The van der Waals surface area contributed by atoms with Crippen molar-refractivity contribution in [3.63, 3.8) is 0 Å². The molecule has 0 spiro atoms. The monoisotopic (exact) mass is 239 g/mol. The minimum Gasteiger partial charge on any atom is -0.480 e. The zero-order valence-electron chi connectivity index (χ0n) is 11.0. The van der Waals surface area contributed by atoms with Crippen LogP contribution in [-0.2, 0) is 18.4 Å². The molecule has 0 aliphatic carbocycles.